The number of nitrogens with one attached hydrogen (secondary N) is 1. The van der Waals surface area contributed by atoms with E-state index in [1.807, 2.05) is 40.1 Å². The number of rotatable bonds is 11. The number of thiophene rings is 1. The number of benzene rings is 1. The third-order valence-corrected chi connectivity index (χ3v) is 6.40. The Balaban J connectivity index is 1.76. The van der Waals surface area contributed by atoms with Crippen molar-refractivity contribution in [1.82, 2.24) is 20.4 Å². The fraction of sp³-hybridized carbons (Fsp3) is 0.458. The van der Waals surface area contributed by atoms with Gasteiger partial charge >= 0.3 is 0 Å². The lowest BCUT2D eigenvalue weighted by Crippen LogP contribution is -2.36. The summed E-state index contributed by atoms with van der Waals surface area (Å²) in [6.07, 6.45) is -0.190. The Labute approximate surface area is 203 Å². The highest BCUT2D eigenvalue weighted by atomic mass is 32.1. The van der Waals surface area contributed by atoms with Crippen LogP contribution in [-0.4, -0.2) is 71.2 Å². The lowest BCUT2D eigenvalue weighted by Gasteiger charge is -2.17. The SMILES string of the molecule is CCc1cc(-c2nnc(-c3cc(C)c(CN(C)C)s3)o2)cc(C)c1OC[C@@H](O)CNC(=O)CO. The zero-order chi connectivity index (χ0) is 24.8. The number of aliphatic hydroxyl groups is 2. The predicted octanol–water partition coefficient (Wildman–Crippen LogP) is 2.55. The number of aryl methyl sites for hydroxylation is 3. The molecule has 9 nitrogen and oxygen atoms in total. The third kappa shape index (κ3) is 6.41. The number of carbonyl (C=O) groups excluding carboxylic acids is 1. The normalized spacial score (nSPS) is 12.2. The summed E-state index contributed by atoms with van der Waals surface area (Å²) in [6, 6.07) is 5.95. The number of hydrogen-bond acceptors (Lipinski definition) is 9. The minimum atomic E-state index is -0.899. The summed E-state index contributed by atoms with van der Waals surface area (Å²) < 4.78 is 11.9. The van der Waals surface area contributed by atoms with Crippen LogP contribution in [0.25, 0.3) is 22.2 Å². The molecule has 0 spiro atoms. The van der Waals surface area contributed by atoms with Gasteiger partial charge in [-0.3, -0.25) is 4.79 Å². The number of amides is 1. The average Bonchev–Trinajstić information content (AvgIpc) is 3.43. The number of aliphatic hydroxyl groups excluding tert-OH is 2. The molecule has 0 aliphatic carbocycles. The van der Waals surface area contributed by atoms with Crippen LogP contribution in [0.1, 0.15) is 28.5 Å². The summed E-state index contributed by atoms with van der Waals surface area (Å²) in [5.74, 6) is 1.07. The molecule has 10 heteroatoms. The van der Waals surface area contributed by atoms with Crippen LogP contribution < -0.4 is 10.1 Å². The Morgan fingerprint density at radius 3 is 2.62 bits per heavy atom. The van der Waals surface area contributed by atoms with E-state index >= 15 is 0 Å². The zero-order valence-electron chi connectivity index (χ0n) is 20.2. The highest BCUT2D eigenvalue weighted by Crippen LogP contribution is 2.35. The second-order valence-corrected chi connectivity index (χ2v) is 9.57. The van der Waals surface area contributed by atoms with Gasteiger partial charge in [-0.2, -0.15) is 0 Å². The van der Waals surface area contributed by atoms with Crippen molar-refractivity contribution >= 4 is 17.2 Å². The van der Waals surface area contributed by atoms with Gasteiger partial charge in [0.15, 0.2) is 0 Å². The Bertz CT molecular complexity index is 1120. The summed E-state index contributed by atoms with van der Waals surface area (Å²) in [7, 11) is 4.08. The molecular formula is C24H32N4O5S. The Kier molecular flexibility index (Phi) is 8.78. The first-order valence-corrected chi connectivity index (χ1v) is 11.9. The summed E-state index contributed by atoms with van der Waals surface area (Å²) in [4.78, 5) is 15.5. The maximum atomic E-state index is 11.1. The average molecular weight is 489 g/mol. The second kappa shape index (κ2) is 11.6. The highest BCUT2D eigenvalue weighted by molar-refractivity contribution is 7.15. The van der Waals surface area contributed by atoms with Crippen molar-refractivity contribution in [3.05, 3.63) is 39.8 Å². The Morgan fingerprint density at radius 2 is 1.94 bits per heavy atom. The lowest BCUT2D eigenvalue weighted by atomic mass is 10.0. The van der Waals surface area contributed by atoms with Crippen LogP contribution in [0.5, 0.6) is 5.75 Å². The van der Waals surface area contributed by atoms with Crippen LogP contribution in [0.15, 0.2) is 22.6 Å². The van der Waals surface area contributed by atoms with Crippen molar-refractivity contribution in [2.24, 2.45) is 0 Å². The number of carbonyl (C=O) groups is 1. The van der Waals surface area contributed by atoms with Gasteiger partial charge in [0.2, 0.25) is 11.8 Å². The number of ether oxygens (including phenoxy) is 1. The van der Waals surface area contributed by atoms with Crippen LogP contribution in [0, 0.1) is 13.8 Å². The van der Waals surface area contributed by atoms with E-state index in [1.54, 1.807) is 11.3 Å². The molecule has 3 N–H and O–H groups in total. The predicted molar refractivity (Wildman–Crippen MR) is 131 cm³/mol. The molecule has 0 saturated heterocycles. The van der Waals surface area contributed by atoms with Gasteiger partial charge < -0.3 is 29.6 Å². The first-order valence-electron chi connectivity index (χ1n) is 11.1. The summed E-state index contributed by atoms with van der Waals surface area (Å²) >= 11 is 1.66. The second-order valence-electron chi connectivity index (χ2n) is 8.43. The van der Waals surface area contributed by atoms with Gasteiger partial charge in [-0.1, -0.05) is 6.92 Å². The van der Waals surface area contributed by atoms with E-state index in [1.165, 1.54) is 10.4 Å². The van der Waals surface area contributed by atoms with Crippen LogP contribution in [0.3, 0.4) is 0 Å². The molecule has 1 atom stereocenters. The van der Waals surface area contributed by atoms with Crippen molar-refractivity contribution < 1.29 is 24.2 Å². The first kappa shape index (κ1) is 25.8. The summed E-state index contributed by atoms with van der Waals surface area (Å²) in [5.41, 5.74) is 3.83. The molecular weight excluding hydrogens is 456 g/mol. The Hall–Kier alpha value is -2.79. The number of aromatic nitrogens is 2. The van der Waals surface area contributed by atoms with Gasteiger partial charge in [0.1, 0.15) is 25.1 Å². The van der Waals surface area contributed by atoms with E-state index in [0.29, 0.717) is 24.0 Å². The molecule has 0 radical (unpaired) electrons. The molecule has 34 heavy (non-hydrogen) atoms. The van der Waals surface area contributed by atoms with Gasteiger partial charge in [0.25, 0.3) is 5.89 Å². The van der Waals surface area contributed by atoms with E-state index in [2.05, 4.69) is 33.4 Å². The fourth-order valence-electron chi connectivity index (χ4n) is 3.47. The molecule has 0 unspecified atom stereocenters. The molecule has 3 aromatic rings. The molecule has 3 rings (SSSR count). The standard InChI is InChI=1S/C24H32N4O5S/c1-6-16-9-17(7-15(3)22(16)32-13-18(30)10-25-21(31)12-29)23-26-27-24(33-23)19-8-14(2)20(34-19)11-28(4)5/h7-9,18,29-30H,6,10-13H2,1-5H3,(H,25,31)/t18-/m0/s1. The van der Waals surface area contributed by atoms with Crippen LogP contribution in [-0.2, 0) is 17.8 Å². The van der Waals surface area contributed by atoms with Gasteiger partial charge in [0.05, 0.1) is 4.88 Å². The van der Waals surface area contributed by atoms with Gasteiger partial charge in [-0.05, 0) is 69.3 Å². The number of hydrogen-bond donors (Lipinski definition) is 3. The quantitative estimate of drug-likeness (QED) is 0.377. The van der Waals surface area contributed by atoms with E-state index in [0.717, 1.165) is 28.1 Å². The van der Waals surface area contributed by atoms with E-state index in [9.17, 15) is 9.90 Å². The molecule has 2 heterocycles. The maximum Gasteiger partial charge on any atom is 0.258 e. The van der Waals surface area contributed by atoms with Crippen LogP contribution >= 0.6 is 11.3 Å². The lowest BCUT2D eigenvalue weighted by molar-refractivity contribution is -0.124. The minimum absolute atomic E-state index is 0.00119. The smallest absolute Gasteiger partial charge is 0.258 e. The van der Waals surface area contributed by atoms with E-state index in [4.69, 9.17) is 14.3 Å². The zero-order valence-corrected chi connectivity index (χ0v) is 21.0. The monoisotopic (exact) mass is 488 g/mol. The first-order chi connectivity index (χ1) is 16.2. The fourth-order valence-corrected chi connectivity index (χ4v) is 4.69. The molecule has 0 aliphatic rings. The topological polar surface area (TPSA) is 121 Å². The molecule has 184 valence electrons. The molecule has 1 aromatic carbocycles. The Morgan fingerprint density at radius 1 is 1.21 bits per heavy atom. The number of nitrogens with zero attached hydrogens (tertiary/aromatic N) is 3. The van der Waals surface area contributed by atoms with E-state index in [-0.39, 0.29) is 13.2 Å². The van der Waals surface area contributed by atoms with Gasteiger partial charge in [0, 0.05) is 23.5 Å². The van der Waals surface area contributed by atoms with Crippen LogP contribution in [0.4, 0.5) is 0 Å². The van der Waals surface area contributed by atoms with Crippen LogP contribution in [0.2, 0.25) is 0 Å². The van der Waals surface area contributed by atoms with Crippen molar-refractivity contribution in [2.75, 3.05) is 33.9 Å². The summed E-state index contributed by atoms with van der Waals surface area (Å²) in [6.45, 7) is 6.28. The molecule has 0 aliphatic heterocycles. The minimum Gasteiger partial charge on any atom is -0.490 e. The van der Waals surface area contributed by atoms with Crippen molar-refractivity contribution in [3.8, 4) is 28.0 Å². The molecule has 0 saturated carbocycles. The highest BCUT2D eigenvalue weighted by Gasteiger charge is 2.18. The van der Waals surface area contributed by atoms with Crippen molar-refractivity contribution in [1.29, 1.82) is 0 Å². The van der Waals surface area contributed by atoms with E-state index < -0.39 is 18.6 Å². The largest absolute Gasteiger partial charge is 0.490 e. The third-order valence-electron chi connectivity index (χ3n) is 5.19. The van der Waals surface area contributed by atoms with Crippen molar-refractivity contribution in [2.45, 2.75) is 39.8 Å². The summed E-state index contributed by atoms with van der Waals surface area (Å²) in [5, 5.41) is 29.8. The molecule has 0 fully saturated rings. The van der Waals surface area contributed by atoms with Crippen molar-refractivity contribution in [3.63, 3.8) is 0 Å². The molecule has 2 aromatic heterocycles. The maximum absolute atomic E-state index is 11.1. The molecule has 1 amide bonds. The van der Waals surface area contributed by atoms with Gasteiger partial charge in [-0.15, -0.1) is 21.5 Å². The molecule has 0 bridgehead atoms. The van der Waals surface area contributed by atoms with Gasteiger partial charge in [-0.25, -0.2) is 0 Å².